The van der Waals surface area contributed by atoms with Gasteiger partial charge in [-0.3, -0.25) is 4.79 Å². The number of phenolic OH excluding ortho intramolecular Hbond substituents is 1. The third-order valence-corrected chi connectivity index (χ3v) is 6.68. The van der Waals surface area contributed by atoms with E-state index in [9.17, 15) is 18.3 Å². The van der Waals surface area contributed by atoms with Crippen LogP contribution in [0.25, 0.3) is 11.4 Å². The quantitative estimate of drug-likeness (QED) is 0.763. The zero-order valence-electron chi connectivity index (χ0n) is 15.7. The van der Waals surface area contributed by atoms with E-state index in [4.69, 9.17) is 0 Å². The Labute approximate surface area is 164 Å². The lowest BCUT2D eigenvalue weighted by Gasteiger charge is -2.31. The predicted octanol–water partition coefficient (Wildman–Crippen LogP) is 2.24. The summed E-state index contributed by atoms with van der Waals surface area (Å²) in [7, 11) is -3.30. The van der Waals surface area contributed by atoms with Crippen LogP contribution in [0.5, 0.6) is 5.75 Å². The molecule has 2 heterocycles. The van der Waals surface area contributed by atoms with Gasteiger partial charge in [0.05, 0.1) is 29.8 Å². The number of amides is 1. The van der Waals surface area contributed by atoms with Crippen LogP contribution in [0.4, 0.5) is 5.69 Å². The van der Waals surface area contributed by atoms with Crippen molar-refractivity contribution >= 4 is 21.6 Å². The first kappa shape index (κ1) is 20.2. The average molecular weight is 404 g/mol. The maximum absolute atomic E-state index is 12.6. The first-order chi connectivity index (χ1) is 13.4. The standard InChI is InChI=1S/C19H24N4O4S/c1-2-9-28(26,27)23-8-4-6-15(13-23)19(25)22-16-11-20-18(21-12-16)14-5-3-7-17(24)10-14/h3,5,7,10-12,15,24H,2,4,6,8-9,13H2,1H3,(H,22,25). The van der Waals surface area contributed by atoms with Crippen molar-refractivity contribution in [3.05, 3.63) is 36.7 Å². The number of hydrogen-bond donors (Lipinski definition) is 2. The molecule has 9 heteroatoms. The Morgan fingerprint density at radius 2 is 2.07 bits per heavy atom. The van der Waals surface area contributed by atoms with Gasteiger partial charge < -0.3 is 10.4 Å². The van der Waals surface area contributed by atoms with Crippen molar-refractivity contribution in [2.45, 2.75) is 26.2 Å². The van der Waals surface area contributed by atoms with Gasteiger partial charge in [0.25, 0.3) is 0 Å². The SMILES string of the molecule is CCCS(=O)(=O)N1CCCC(C(=O)Nc2cnc(-c3cccc(O)c3)nc2)C1. The number of sulfonamides is 1. The molecule has 1 aromatic carbocycles. The molecule has 0 bridgehead atoms. The summed E-state index contributed by atoms with van der Waals surface area (Å²) in [6.07, 6.45) is 4.86. The van der Waals surface area contributed by atoms with Crippen LogP contribution in [0.2, 0.25) is 0 Å². The molecular weight excluding hydrogens is 380 g/mol. The van der Waals surface area contributed by atoms with Crippen molar-refractivity contribution in [1.29, 1.82) is 0 Å². The van der Waals surface area contributed by atoms with Gasteiger partial charge in [-0.15, -0.1) is 0 Å². The van der Waals surface area contributed by atoms with Gasteiger partial charge in [0.15, 0.2) is 5.82 Å². The molecule has 3 rings (SSSR count). The third kappa shape index (κ3) is 4.85. The highest BCUT2D eigenvalue weighted by Gasteiger charge is 2.31. The molecule has 2 aromatic rings. The zero-order valence-corrected chi connectivity index (χ0v) is 16.5. The number of piperidine rings is 1. The molecule has 0 aliphatic carbocycles. The zero-order chi connectivity index (χ0) is 20.1. The lowest BCUT2D eigenvalue weighted by Crippen LogP contribution is -2.44. The van der Waals surface area contributed by atoms with Gasteiger partial charge in [-0.25, -0.2) is 22.7 Å². The van der Waals surface area contributed by atoms with Crippen LogP contribution < -0.4 is 5.32 Å². The maximum Gasteiger partial charge on any atom is 0.228 e. The predicted molar refractivity (Wildman–Crippen MR) is 106 cm³/mol. The van der Waals surface area contributed by atoms with Gasteiger partial charge in [0.1, 0.15) is 5.75 Å². The van der Waals surface area contributed by atoms with Crippen LogP contribution in [0.15, 0.2) is 36.7 Å². The highest BCUT2D eigenvalue weighted by molar-refractivity contribution is 7.89. The topological polar surface area (TPSA) is 112 Å². The van der Waals surface area contributed by atoms with E-state index in [1.54, 1.807) is 24.3 Å². The molecule has 2 N–H and O–H groups in total. The molecule has 1 aromatic heterocycles. The van der Waals surface area contributed by atoms with Gasteiger partial charge in [-0.1, -0.05) is 19.1 Å². The highest BCUT2D eigenvalue weighted by Crippen LogP contribution is 2.23. The van der Waals surface area contributed by atoms with Crippen LogP contribution in [0.3, 0.4) is 0 Å². The first-order valence-electron chi connectivity index (χ1n) is 9.29. The van der Waals surface area contributed by atoms with E-state index in [0.717, 1.165) is 0 Å². The van der Waals surface area contributed by atoms with Crippen LogP contribution in [-0.2, 0) is 14.8 Å². The fourth-order valence-electron chi connectivity index (χ4n) is 3.23. The minimum Gasteiger partial charge on any atom is -0.508 e. The summed E-state index contributed by atoms with van der Waals surface area (Å²) in [5.41, 5.74) is 1.12. The van der Waals surface area contributed by atoms with Crippen LogP contribution in [0, 0.1) is 5.92 Å². The molecule has 1 saturated heterocycles. The second-order valence-corrected chi connectivity index (χ2v) is 8.94. The Morgan fingerprint density at radius 1 is 1.32 bits per heavy atom. The molecule has 0 radical (unpaired) electrons. The summed E-state index contributed by atoms with van der Waals surface area (Å²) in [6, 6.07) is 6.60. The molecule has 8 nitrogen and oxygen atoms in total. The van der Waals surface area contributed by atoms with Gasteiger partial charge >= 0.3 is 0 Å². The van der Waals surface area contributed by atoms with Gasteiger partial charge in [-0.2, -0.15) is 0 Å². The number of carbonyl (C=O) groups is 1. The Balaban J connectivity index is 1.64. The molecule has 1 aliphatic rings. The lowest BCUT2D eigenvalue weighted by atomic mass is 9.99. The third-order valence-electron chi connectivity index (χ3n) is 4.63. The number of benzene rings is 1. The van der Waals surface area contributed by atoms with E-state index in [1.165, 1.54) is 16.7 Å². The molecule has 1 atom stereocenters. The van der Waals surface area contributed by atoms with Crippen molar-refractivity contribution in [1.82, 2.24) is 14.3 Å². The number of nitrogens with zero attached hydrogens (tertiary/aromatic N) is 3. The van der Waals surface area contributed by atoms with Crippen molar-refractivity contribution < 1.29 is 18.3 Å². The molecule has 1 unspecified atom stereocenters. The van der Waals surface area contributed by atoms with E-state index in [1.807, 2.05) is 6.92 Å². The maximum atomic E-state index is 12.6. The summed E-state index contributed by atoms with van der Waals surface area (Å²) in [5, 5.41) is 12.3. The van der Waals surface area contributed by atoms with Crippen LogP contribution in [-0.4, -0.2) is 52.5 Å². The second kappa shape index (κ2) is 8.66. The molecule has 150 valence electrons. The number of hydrogen-bond acceptors (Lipinski definition) is 6. The smallest absolute Gasteiger partial charge is 0.228 e. The Kier molecular flexibility index (Phi) is 6.25. The van der Waals surface area contributed by atoms with Gasteiger partial charge in [0.2, 0.25) is 15.9 Å². The van der Waals surface area contributed by atoms with Gasteiger partial charge in [-0.05, 0) is 31.4 Å². The molecular formula is C19H24N4O4S. The minimum absolute atomic E-state index is 0.103. The summed E-state index contributed by atoms with van der Waals surface area (Å²) < 4.78 is 26.0. The van der Waals surface area contributed by atoms with E-state index in [0.29, 0.717) is 42.9 Å². The average Bonchev–Trinajstić information content (AvgIpc) is 2.68. The number of aromatic nitrogens is 2. The Hall–Kier alpha value is -2.52. The van der Waals surface area contributed by atoms with Crippen LogP contribution in [0.1, 0.15) is 26.2 Å². The molecule has 28 heavy (non-hydrogen) atoms. The Morgan fingerprint density at radius 3 is 2.75 bits per heavy atom. The normalized spacial score (nSPS) is 18.0. The molecule has 1 amide bonds. The summed E-state index contributed by atoms with van der Waals surface area (Å²) in [5.74, 6) is 0.0316. The van der Waals surface area contributed by atoms with Crippen molar-refractivity contribution in [2.75, 3.05) is 24.2 Å². The number of nitrogens with one attached hydrogen (secondary N) is 1. The van der Waals surface area contributed by atoms with Crippen molar-refractivity contribution in [3.63, 3.8) is 0 Å². The monoisotopic (exact) mass is 404 g/mol. The fraction of sp³-hybridized carbons (Fsp3) is 0.421. The number of aromatic hydroxyl groups is 1. The Bertz CT molecular complexity index is 931. The lowest BCUT2D eigenvalue weighted by molar-refractivity contribution is -0.120. The van der Waals surface area contributed by atoms with E-state index < -0.39 is 15.9 Å². The molecule has 1 aliphatic heterocycles. The number of carbonyl (C=O) groups excluding carboxylic acids is 1. The second-order valence-electron chi connectivity index (χ2n) is 6.85. The number of rotatable bonds is 6. The van der Waals surface area contributed by atoms with Crippen LogP contribution >= 0.6 is 0 Å². The van der Waals surface area contributed by atoms with Crippen molar-refractivity contribution in [3.8, 4) is 17.1 Å². The fourth-order valence-corrected chi connectivity index (χ4v) is 4.82. The summed E-state index contributed by atoms with van der Waals surface area (Å²) in [6.45, 7) is 2.50. The molecule has 0 spiro atoms. The van der Waals surface area contributed by atoms with Gasteiger partial charge in [0, 0.05) is 18.7 Å². The largest absolute Gasteiger partial charge is 0.508 e. The van der Waals surface area contributed by atoms with E-state index >= 15 is 0 Å². The first-order valence-corrected chi connectivity index (χ1v) is 10.9. The highest BCUT2D eigenvalue weighted by atomic mass is 32.2. The summed E-state index contributed by atoms with van der Waals surface area (Å²) in [4.78, 5) is 21.0. The minimum atomic E-state index is -3.30. The number of anilines is 1. The number of phenols is 1. The molecule has 0 saturated carbocycles. The van der Waals surface area contributed by atoms with Crippen molar-refractivity contribution in [2.24, 2.45) is 5.92 Å². The summed E-state index contributed by atoms with van der Waals surface area (Å²) >= 11 is 0. The molecule has 1 fully saturated rings. The van der Waals surface area contributed by atoms with E-state index in [2.05, 4.69) is 15.3 Å². The van der Waals surface area contributed by atoms with E-state index in [-0.39, 0.29) is 24.0 Å².